The first-order valence-electron chi connectivity index (χ1n) is 2.87. The van der Waals surface area contributed by atoms with Crippen LogP contribution in [0, 0.1) is 6.92 Å². The van der Waals surface area contributed by atoms with Gasteiger partial charge in [0.2, 0.25) is 0 Å². The van der Waals surface area contributed by atoms with E-state index < -0.39 is 7.25 Å². The molecule has 6 heteroatoms. The fourth-order valence-electron chi connectivity index (χ4n) is 0.420. The quantitative estimate of drug-likeness (QED) is 0.452. The van der Waals surface area contributed by atoms with Crippen LogP contribution in [0.2, 0.25) is 0 Å². The van der Waals surface area contributed by atoms with Crippen molar-refractivity contribution in [3.8, 4) is 0 Å². The van der Waals surface area contributed by atoms with Gasteiger partial charge >= 0.3 is 7.25 Å². The van der Waals surface area contributed by atoms with Gasteiger partial charge in [0.1, 0.15) is 0 Å². The van der Waals surface area contributed by atoms with Crippen LogP contribution in [0.3, 0.4) is 0 Å². The van der Waals surface area contributed by atoms with Crippen molar-refractivity contribution in [2.75, 3.05) is 0 Å². The summed E-state index contributed by atoms with van der Waals surface area (Å²) >= 11 is 0. The van der Waals surface area contributed by atoms with Gasteiger partial charge in [-0.1, -0.05) is 0 Å². The minimum absolute atomic E-state index is 1.22. The van der Waals surface area contributed by atoms with Crippen LogP contribution in [-0.4, -0.2) is 12.2 Å². The van der Waals surface area contributed by atoms with E-state index in [1.54, 1.807) is 0 Å². The number of halogens is 4. The molecule has 1 aromatic rings. The molecule has 1 heterocycles. The summed E-state index contributed by atoms with van der Waals surface area (Å²) in [6.07, 6.45) is 1.91. The van der Waals surface area contributed by atoms with Gasteiger partial charge in [-0.3, -0.25) is 0 Å². The van der Waals surface area contributed by atoms with Crippen LogP contribution in [-0.2, 0) is 0 Å². The number of nitrogens with one attached hydrogen (secondary N) is 1. The molecule has 0 atom stereocenters. The smallest absolute Gasteiger partial charge is 0.418 e. The molecule has 11 heavy (non-hydrogen) atoms. The Kier molecular flexibility index (Phi) is 3.71. The van der Waals surface area contributed by atoms with Crippen molar-refractivity contribution >= 4 is 7.25 Å². The summed E-state index contributed by atoms with van der Waals surface area (Å²) in [5, 5.41) is 0. The minimum atomic E-state index is -6.00. The van der Waals surface area contributed by atoms with Gasteiger partial charge < -0.3 is 22.2 Å². The standard InChI is InChI=1S/C5H7N.BF4/c1-5-3-2-4-6-5;2-1(3,4)5/h2-4,6H,1H3;/q;-1. The molecule has 0 saturated carbocycles. The number of aromatic amines is 1. The largest absolute Gasteiger partial charge is 0.673 e. The molecular weight excluding hydrogens is 161 g/mol. The Morgan fingerprint density at radius 1 is 1.27 bits per heavy atom. The van der Waals surface area contributed by atoms with Crippen LogP contribution in [0.4, 0.5) is 17.3 Å². The zero-order valence-electron chi connectivity index (χ0n) is 5.82. The molecule has 0 aliphatic rings. The van der Waals surface area contributed by atoms with Crippen molar-refractivity contribution in [3.05, 3.63) is 24.0 Å². The topological polar surface area (TPSA) is 15.8 Å². The summed E-state index contributed by atoms with van der Waals surface area (Å²) in [4.78, 5) is 3.00. The van der Waals surface area contributed by atoms with Gasteiger partial charge in [0.15, 0.2) is 0 Å². The number of aryl methyl sites for hydroxylation is 1. The number of hydrogen-bond donors (Lipinski definition) is 1. The third-order valence-electron chi connectivity index (χ3n) is 0.753. The van der Waals surface area contributed by atoms with Crippen molar-refractivity contribution < 1.29 is 17.3 Å². The summed E-state index contributed by atoms with van der Waals surface area (Å²) < 4.78 is 39.0. The summed E-state index contributed by atoms with van der Waals surface area (Å²) in [6, 6.07) is 4.01. The Balaban J connectivity index is 0.000000187. The van der Waals surface area contributed by atoms with Gasteiger partial charge in [0.05, 0.1) is 0 Å². The average molecular weight is 168 g/mol. The van der Waals surface area contributed by atoms with Gasteiger partial charge in [-0.05, 0) is 19.1 Å². The SMILES string of the molecule is Cc1ccc[nH]1.F[B-](F)(F)F. The zero-order valence-corrected chi connectivity index (χ0v) is 5.82. The lowest BCUT2D eigenvalue weighted by Crippen LogP contribution is -2.02. The summed E-state index contributed by atoms with van der Waals surface area (Å²) in [6.45, 7) is 2.03. The van der Waals surface area contributed by atoms with E-state index in [2.05, 4.69) is 4.98 Å². The number of H-pyrrole nitrogens is 1. The lowest BCUT2D eigenvalue weighted by atomic mass is 10.3. The average Bonchev–Trinajstić information content (AvgIpc) is 2.12. The maximum Gasteiger partial charge on any atom is 0.673 e. The first-order valence-corrected chi connectivity index (χ1v) is 2.87. The number of rotatable bonds is 0. The van der Waals surface area contributed by atoms with Crippen LogP contribution in [0.1, 0.15) is 5.69 Å². The Bertz CT molecular complexity index is 175. The van der Waals surface area contributed by atoms with E-state index in [0.29, 0.717) is 0 Å². The van der Waals surface area contributed by atoms with Crippen molar-refractivity contribution in [1.82, 2.24) is 4.98 Å². The van der Waals surface area contributed by atoms with Crippen LogP contribution >= 0.6 is 0 Å². The van der Waals surface area contributed by atoms with E-state index in [1.807, 2.05) is 25.3 Å². The molecule has 0 saturated heterocycles. The van der Waals surface area contributed by atoms with Gasteiger partial charge in [0, 0.05) is 11.9 Å². The normalized spacial score (nSPS) is 10.3. The van der Waals surface area contributed by atoms with Gasteiger partial charge in [0.25, 0.3) is 0 Å². The van der Waals surface area contributed by atoms with E-state index in [9.17, 15) is 17.3 Å². The van der Waals surface area contributed by atoms with Gasteiger partial charge in [-0.25, -0.2) is 0 Å². The molecule has 0 radical (unpaired) electrons. The molecule has 1 nitrogen and oxygen atoms in total. The van der Waals surface area contributed by atoms with E-state index in [-0.39, 0.29) is 0 Å². The molecule has 1 rings (SSSR count). The molecular formula is C5H7BF4N-. The van der Waals surface area contributed by atoms with E-state index in [4.69, 9.17) is 0 Å². The third-order valence-corrected chi connectivity index (χ3v) is 0.753. The molecule has 0 amide bonds. The van der Waals surface area contributed by atoms with Crippen LogP contribution in [0.25, 0.3) is 0 Å². The molecule has 0 bridgehead atoms. The number of aromatic nitrogens is 1. The first-order chi connectivity index (χ1) is 4.89. The summed E-state index contributed by atoms with van der Waals surface area (Å²) in [7, 11) is -6.00. The molecule has 64 valence electrons. The lowest BCUT2D eigenvalue weighted by molar-refractivity contribution is 0.368. The first kappa shape index (κ1) is 10.1. The fraction of sp³-hybridized carbons (Fsp3) is 0.200. The van der Waals surface area contributed by atoms with Crippen LogP contribution in [0.15, 0.2) is 18.3 Å². The number of hydrogen-bond acceptors (Lipinski definition) is 0. The Labute approximate surface area is 61.5 Å². The Morgan fingerprint density at radius 3 is 1.82 bits per heavy atom. The second-order valence-electron chi connectivity index (χ2n) is 1.85. The molecule has 0 fully saturated rings. The lowest BCUT2D eigenvalue weighted by Gasteiger charge is -1.94. The predicted molar refractivity (Wildman–Crippen MR) is 35.7 cm³/mol. The highest BCUT2D eigenvalue weighted by Crippen LogP contribution is 2.06. The fourth-order valence-corrected chi connectivity index (χ4v) is 0.420. The molecule has 0 unspecified atom stereocenters. The molecule has 1 N–H and O–H groups in total. The maximum absolute atomic E-state index is 9.75. The second-order valence-corrected chi connectivity index (χ2v) is 1.85. The highest BCUT2D eigenvalue weighted by Gasteiger charge is 2.20. The van der Waals surface area contributed by atoms with Crippen molar-refractivity contribution in [2.24, 2.45) is 0 Å². The molecule has 0 aromatic carbocycles. The molecule has 0 spiro atoms. The minimum Gasteiger partial charge on any atom is -0.418 e. The van der Waals surface area contributed by atoms with Crippen molar-refractivity contribution in [2.45, 2.75) is 6.92 Å². The monoisotopic (exact) mass is 168 g/mol. The maximum atomic E-state index is 9.75. The van der Waals surface area contributed by atoms with E-state index in [1.165, 1.54) is 5.69 Å². The van der Waals surface area contributed by atoms with Crippen molar-refractivity contribution in [1.29, 1.82) is 0 Å². The van der Waals surface area contributed by atoms with Crippen LogP contribution < -0.4 is 0 Å². The second kappa shape index (κ2) is 4.05. The third kappa shape index (κ3) is 12.3. The summed E-state index contributed by atoms with van der Waals surface area (Å²) in [5.41, 5.74) is 1.22. The molecule has 0 aliphatic heterocycles. The van der Waals surface area contributed by atoms with Crippen molar-refractivity contribution in [3.63, 3.8) is 0 Å². The van der Waals surface area contributed by atoms with Crippen LogP contribution in [0.5, 0.6) is 0 Å². The zero-order chi connectivity index (χ0) is 8.91. The summed E-state index contributed by atoms with van der Waals surface area (Å²) in [5.74, 6) is 0. The highest BCUT2D eigenvalue weighted by atomic mass is 19.5. The molecule has 0 aliphatic carbocycles. The van der Waals surface area contributed by atoms with Gasteiger partial charge in [-0.15, -0.1) is 0 Å². The van der Waals surface area contributed by atoms with E-state index in [0.717, 1.165) is 0 Å². The van der Waals surface area contributed by atoms with E-state index >= 15 is 0 Å². The highest BCUT2D eigenvalue weighted by molar-refractivity contribution is 6.50. The Hall–Kier alpha value is -0.935. The molecule has 1 aromatic heterocycles. The predicted octanol–water partition coefficient (Wildman–Crippen LogP) is 2.62. The Morgan fingerprint density at radius 2 is 1.73 bits per heavy atom. The van der Waals surface area contributed by atoms with Gasteiger partial charge in [-0.2, -0.15) is 0 Å².